The van der Waals surface area contributed by atoms with Crippen molar-refractivity contribution in [2.24, 2.45) is 5.73 Å². The van der Waals surface area contributed by atoms with E-state index in [1.165, 1.54) is 6.26 Å². The van der Waals surface area contributed by atoms with Crippen molar-refractivity contribution in [2.75, 3.05) is 32.1 Å². The molecule has 0 amide bonds. The number of sulfone groups is 1. The van der Waals surface area contributed by atoms with Crippen LogP contribution in [0.5, 0.6) is 0 Å². The van der Waals surface area contributed by atoms with Crippen LogP contribution in [0.4, 0.5) is 0 Å². The average molecular weight is 194 g/mol. The fourth-order valence-electron chi connectivity index (χ4n) is 0.905. The van der Waals surface area contributed by atoms with Gasteiger partial charge in [0.15, 0.2) is 0 Å². The molecular weight excluding hydrogens is 176 g/mol. The molecule has 0 aromatic carbocycles. The highest BCUT2D eigenvalue weighted by Gasteiger charge is 2.06. The summed E-state index contributed by atoms with van der Waals surface area (Å²) in [5.74, 6) is 0.205. The minimum Gasteiger partial charge on any atom is -0.327 e. The third-order valence-electron chi connectivity index (χ3n) is 1.44. The van der Waals surface area contributed by atoms with Gasteiger partial charge in [0.1, 0.15) is 9.84 Å². The Labute approximate surface area is 74.7 Å². The van der Waals surface area contributed by atoms with Gasteiger partial charge in [-0.05, 0) is 14.0 Å². The van der Waals surface area contributed by atoms with E-state index in [9.17, 15) is 8.42 Å². The van der Waals surface area contributed by atoms with Gasteiger partial charge in [0.05, 0.1) is 5.75 Å². The quantitative estimate of drug-likeness (QED) is 0.629. The zero-order valence-electron chi connectivity index (χ0n) is 7.95. The summed E-state index contributed by atoms with van der Waals surface area (Å²) in [6, 6.07) is 0.0922. The molecule has 0 unspecified atom stereocenters. The van der Waals surface area contributed by atoms with E-state index in [1.807, 2.05) is 18.9 Å². The Morgan fingerprint density at radius 2 is 2.00 bits per heavy atom. The standard InChI is InChI=1S/C7H18N2O2S/c1-7(8)6-9(2)4-5-12(3,10)11/h7H,4-6,8H2,1-3H3/t7-/m0/s1. The molecular formula is C7H18N2O2S. The lowest BCUT2D eigenvalue weighted by atomic mass is 10.3. The number of likely N-dealkylation sites (N-methyl/N-ethyl adjacent to an activating group) is 1. The maximum Gasteiger partial charge on any atom is 0.148 e. The Hall–Kier alpha value is -0.130. The summed E-state index contributed by atoms with van der Waals surface area (Å²) < 4.78 is 21.5. The molecule has 74 valence electrons. The molecule has 0 spiro atoms. The summed E-state index contributed by atoms with van der Waals surface area (Å²) in [5.41, 5.74) is 5.54. The van der Waals surface area contributed by atoms with Gasteiger partial charge in [0.2, 0.25) is 0 Å². The summed E-state index contributed by atoms with van der Waals surface area (Å²) in [5, 5.41) is 0. The molecule has 0 radical (unpaired) electrons. The van der Waals surface area contributed by atoms with Crippen LogP contribution in [0.25, 0.3) is 0 Å². The van der Waals surface area contributed by atoms with E-state index in [0.29, 0.717) is 6.54 Å². The fraction of sp³-hybridized carbons (Fsp3) is 1.00. The first-order valence-corrected chi connectivity index (χ1v) is 5.99. The Morgan fingerprint density at radius 1 is 1.50 bits per heavy atom. The molecule has 0 aromatic heterocycles. The van der Waals surface area contributed by atoms with Crippen molar-refractivity contribution in [2.45, 2.75) is 13.0 Å². The molecule has 0 saturated heterocycles. The fourth-order valence-corrected chi connectivity index (χ4v) is 1.55. The van der Waals surface area contributed by atoms with Gasteiger partial charge in [-0.15, -0.1) is 0 Å². The van der Waals surface area contributed by atoms with Crippen LogP contribution in [0.2, 0.25) is 0 Å². The van der Waals surface area contributed by atoms with Gasteiger partial charge in [-0.25, -0.2) is 8.42 Å². The van der Waals surface area contributed by atoms with E-state index in [-0.39, 0.29) is 11.8 Å². The first kappa shape index (κ1) is 11.9. The van der Waals surface area contributed by atoms with Crippen molar-refractivity contribution < 1.29 is 8.42 Å². The molecule has 4 nitrogen and oxygen atoms in total. The van der Waals surface area contributed by atoms with Gasteiger partial charge >= 0.3 is 0 Å². The SMILES string of the molecule is C[C@H](N)CN(C)CCS(C)(=O)=O. The molecule has 2 N–H and O–H groups in total. The third kappa shape index (κ3) is 7.97. The van der Waals surface area contributed by atoms with Crippen molar-refractivity contribution in [3.63, 3.8) is 0 Å². The molecule has 0 rings (SSSR count). The first-order chi connectivity index (χ1) is 5.31. The van der Waals surface area contributed by atoms with E-state index in [0.717, 1.165) is 6.54 Å². The Bertz CT molecular complexity index is 211. The molecule has 0 aliphatic heterocycles. The number of hydrogen-bond acceptors (Lipinski definition) is 4. The third-order valence-corrected chi connectivity index (χ3v) is 2.37. The van der Waals surface area contributed by atoms with E-state index >= 15 is 0 Å². The van der Waals surface area contributed by atoms with Gasteiger partial charge in [-0.2, -0.15) is 0 Å². The van der Waals surface area contributed by atoms with Crippen LogP contribution in [0.1, 0.15) is 6.92 Å². The molecule has 0 fully saturated rings. The summed E-state index contributed by atoms with van der Waals surface area (Å²) in [4.78, 5) is 1.92. The largest absolute Gasteiger partial charge is 0.327 e. The first-order valence-electron chi connectivity index (χ1n) is 3.93. The number of rotatable bonds is 5. The van der Waals surface area contributed by atoms with Gasteiger partial charge in [0.25, 0.3) is 0 Å². The number of nitrogens with two attached hydrogens (primary N) is 1. The van der Waals surface area contributed by atoms with E-state index in [4.69, 9.17) is 5.73 Å². The molecule has 0 aliphatic rings. The van der Waals surface area contributed by atoms with Gasteiger partial charge in [-0.1, -0.05) is 0 Å². The maximum absolute atomic E-state index is 10.8. The van der Waals surface area contributed by atoms with Crippen molar-refractivity contribution in [3.8, 4) is 0 Å². The average Bonchev–Trinajstić information content (AvgIpc) is 1.80. The summed E-state index contributed by atoms with van der Waals surface area (Å²) in [7, 11) is -0.968. The molecule has 0 bridgehead atoms. The zero-order chi connectivity index (χ0) is 9.78. The van der Waals surface area contributed by atoms with Crippen molar-refractivity contribution in [1.82, 2.24) is 4.90 Å². The van der Waals surface area contributed by atoms with Crippen LogP contribution in [-0.2, 0) is 9.84 Å². The monoisotopic (exact) mass is 194 g/mol. The van der Waals surface area contributed by atoms with Crippen molar-refractivity contribution in [1.29, 1.82) is 0 Å². The van der Waals surface area contributed by atoms with Crippen LogP contribution in [0, 0.1) is 0 Å². The molecule has 0 aliphatic carbocycles. The number of hydrogen-bond donors (Lipinski definition) is 1. The second-order valence-electron chi connectivity index (χ2n) is 3.37. The smallest absolute Gasteiger partial charge is 0.148 e. The Kier molecular flexibility index (Phi) is 4.74. The molecule has 1 atom stereocenters. The van der Waals surface area contributed by atoms with Crippen molar-refractivity contribution >= 4 is 9.84 Å². The number of nitrogens with zero attached hydrogens (tertiary/aromatic N) is 1. The van der Waals surface area contributed by atoms with Crippen LogP contribution < -0.4 is 5.73 Å². The summed E-state index contributed by atoms with van der Waals surface area (Å²) >= 11 is 0. The maximum atomic E-state index is 10.8. The normalized spacial score (nSPS) is 15.1. The second kappa shape index (κ2) is 4.79. The summed E-state index contributed by atoms with van der Waals surface area (Å²) in [6.07, 6.45) is 1.24. The highest BCUT2D eigenvalue weighted by Crippen LogP contribution is 1.89. The highest BCUT2D eigenvalue weighted by molar-refractivity contribution is 7.90. The summed E-state index contributed by atoms with van der Waals surface area (Å²) in [6.45, 7) is 3.19. The van der Waals surface area contributed by atoms with Gasteiger partial charge in [-0.3, -0.25) is 0 Å². The highest BCUT2D eigenvalue weighted by atomic mass is 32.2. The minimum atomic E-state index is -2.84. The van der Waals surface area contributed by atoms with Crippen LogP contribution in [-0.4, -0.2) is 51.5 Å². The van der Waals surface area contributed by atoms with E-state index in [2.05, 4.69) is 0 Å². The van der Waals surface area contributed by atoms with E-state index < -0.39 is 9.84 Å². The molecule has 12 heavy (non-hydrogen) atoms. The molecule has 0 heterocycles. The lowest BCUT2D eigenvalue weighted by Gasteiger charge is -2.17. The van der Waals surface area contributed by atoms with Crippen molar-refractivity contribution in [3.05, 3.63) is 0 Å². The topological polar surface area (TPSA) is 63.4 Å². The van der Waals surface area contributed by atoms with Gasteiger partial charge in [0, 0.05) is 25.4 Å². The zero-order valence-corrected chi connectivity index (χ0v) is 8.76. The van der Waals surface area contributed by atoms with Gasteiger partial charge < -0.3 is 10.6 Å². The molecule has 0 aromatic rings. The lowest BCUT2D eigenvalue weighted by Crippen LogP contribution is -2.35. The van der Waals surface area contributed by atoms with E-state index in [1.54, 1.807) is 0 Å². The second-order valence-corrected chi connectivity index (χ2v) is 5.63. The predicted molar refractivity (Wildman–Crippen MR) is 50.9 cm³/mol. The predicted octanol–water partition coefficient (Wildman–Crippen LogP) is -0.690. The lowest BCUT2D eigenvalue weighted by molar-refractivity contribution is 0.334. The van der Waals surface area contributed by atoms with Crippen LogP contribution in [0.15, 0.2) is 0 Å². The van der Waals surface area contributed by atoms with Crippen LogP contribution >= 0.6 is 0 Å². The molecule has 0 saturated carbocycles. The molecule has 5 heteroatoms. The van der Waals surface area contributed by atoms with Crippen LogP contribution in [0.3, 0.4) is 0 Å². The Balaban J connectivity index is 3.65. The minimum absolute atomic E-state index is 0.0922. The Morgan fingerprint density at radius 3 is 2.33 bits per heavy atom.